The van der Waals surface area contributed by atoms with Crippen molar-refractivity contribution in [3.05, 3.63) is 35.8 Å². The van der Waals surface area contributed by atoms with E-state index < -0.39 is 0 Å². The Balaban J connectivity index is 1.86. The second kappa shape index (κ2) is 6.43. The minimum absolute atomic E-state index is 0.0602. The van der Waals surface area contributed by atoms with Crippen LogP contribution in [0, 0.1) is 13.8 Å². The molecule has 1 aliphatic heterocycles. The molecule has 1 atom stereocenters. The van der Waals surface area contributed by atoms with E-state index in [1.54, 1.807) is 12.4 Å². The van der Waals surface area contributed by atoms with E-state index in [4.69, 9.17) is 4.98 Å². The molecule has 1 aliphatic rings. The van der Waals surface area contributed by atoms with Crippen LogP contribution in [0.3, 0.4) is 0 Å². The van der Waals surface area contributed by atoms with Crippen LogP contribution in [0.25, 0.3) is 11.4 Å². The number of amides is 1. The summed E-state index contributed by atoms with van der Waals surface area (Å²) < 4.78 is 0. The summed E-state index contributed by atoms with van der Waals surface area (Å²) >= 11 is 0. The molecule has 0 aromatic carbocycles. The largest absolute Gasteiger partial charge is 0.365 e. The highest BCUT2D eigenvalue weighted by molar-refractivity contribution is 5.80. The molecule has 6 nitrogen and oxygen atoms in total. The van der Waals surface area contributed by atoms with E-state index >= 15 is 0 Å². The molecule has 2 aromatic rings. The molecule has 25 heavy (non-hydrogen) atoms. The van der Waals surface area contributed by atoms with Gasteiger partial charge < -0.3 is 10.2 Å². The molecule has 0 radical (unpaired) electrons. The number of hydrogen-bond acceptors (Lipinski definition) is 5. The van der Waals surface area contributed by atoms with Gasteiger partial charge in [-0.15, -0.1) is 0 Å². The van der Waals surface area contributed by atoms with Crippen LogP contribution in [0.4, 0.5) is 5.82 Å². The molecule has 1 fully saturated rings. The number of likely N-dealkylation sites (tertiary alicyclic amines) is 1. The second-order valence-corrected chi connectivity index (χ2v) is 7.56. The Morgan fingerprint density at radius 2 is 1.84 bits per heavy atom. The summed E-state index contributed by atoms with van der Waals surface area (Å²) in [7, 11) is 0. The second-order valence-electron chi connectivity index (χ2n) is 7.56. The van der Waals surface area contributed by atoms with Crippen molar-refractivity contribution >= 4 is 11.7 Å². The topological polar surface area (TPSA) is 71.0 Å². The lowest BCUT2D eigenvalue weighted by molar-refractivity contribution is -0.131. The molecule has 1 amide bonds. The van der Waals surface area contributed by atoms with Crippen LogP contribution >= 0.6 is 0 Å². The number of anilines is 1. The molecule has 0 saturated carbocycles. The molecule has 1 unspecified atom stereocenters. The van der Waals surface area contributed by atoms with Gasteiger partial charge in [0.05, 0.1) is 6.04 Å². The minimum Gasteiger partial charge on any atom is -0.365 e. The molecule has 0 spiro atoms. The highest BCUT2D eigenvalue weighted by Gasteiger charge is 2.36. The molecule has 3 heterocycles. The zero-order valence-electron chi connectivity index (χ0n) is 15.5. The average molecular weight is 339 g/mol. The summed E-state index contributed by atoms with van der Waals surface area (Å²) in [4.78, 5) is 27.6. The maximum absolute atomic E-state index is 12.3. The summed E-state index contributed by atoms with van der Waals surface area (Å²) in [5, 5.41) is 3.46. The first kappa shape index (κ1) is 17.3. The van der Waals surface area contributed by atoms with Crippen LogP contribution in [0.1, 0.15) is 38.4 Å². The number of aryl methyl sites for hydroxylation is 1. The molecule has 3 rings (SSSR count). The Labute approximate surface area is 148 Å². The van der Waals surface area contributed by atoms with Gasteiger partial charge in [-0.1, -0.05) is 0 Å². The fraction of sp³-hybridized carbons (Fsp3) is 0.474. The number of aromatic nitrogens is 3. The quantitative estimate of drug-likeness (QED) is 0.931. The van der Waals surface area contributed by atoms with Crippen molar-refractivity contribution < 1.29 is 4.79 Å². The summed E-state index contributed by atoms with van der Waals surface area (Å²) in [6.45, 7) is 10.9. The lowest BCUT2D eigenvalue weighted by Crippen LogP contribution is -2.43. The van der Waals surface area contributed by atoms with E-state index in [2.05, 4.69) is 36.1 Å². The number of nitrogens with zero attached hydrogens (tertiary/aromatic N) is 4. The Bertz CT molecular complexity index is 782. The summed E-state index contributed by atoms with van der Waals surface area (Å²) in [6, 6.07) is 3.85. The fourth-order valence-corrected chi connectivity index (χ4v) is 3.05. The molecular weight excluding hydrogens is 314 g/mol. The monoisotopic (exact) mass is 339 g/mol. The number of carbonyl (C=O) groups excluding carboxylic acids is 1. The zero-order chi connectivity index (χ0) is 18.2. The summed E-state index contributed by atoms with van der Waals surface area (Å²) in [5.41, 5.74) is 2.72. The van der Waals surface area contributed by atoms with E-state index in [1.165, 1.54) is 0 Å². The van der Waals surface area contributed by atoms with Crippen molar-refractivity contribution in [2.24, 2.45) is 0 Å². The molecule has 0 aliphatic carbocycles. The highest BCUT2D eigenvalue weighted by Crippen LogP contribution is 2.26. The molecule has 1 saturated heterocycles. The van der Waals surface area contributed by atoms with E-state index in [-0.39, 0.29) is 17.5 Å². The van der Waals surface area contributed by atoms with Crippen molar-refractivity contribution in [3.8, 4) is 11.4 Å². The zero-order valence-corrected chi connectivity index (χ0v) is 15.5. The van der Waals surface area contributed by atoms with Crippen LogP contribution in [0.5, 0.6) is 0 Å². The third kappa shape index (κ3) is 3.62. The van der Waals surface area contributed by atoms with Gasteiger partial charge in [-0.25, -0.2) is 9.97 Å². The number of hydrogen-bond donors (Lipinski definition) is 1. The van der Waals surface area contributed by atoms with Gasteiger partial charge in [-0.2, -0.15) is 0 Å². The smallest absolute Gasteiger partial charge is 0.225 e. The summed E-state index contributed by atoms with van der Waals surface area (Å²) in [5.74, 6) is 1.65. The Morgan fingerprint density at radius 1 is 1.16 bits per heavy atom. The van der Waals surface area contributed by atoms with Gasteiger partial charge in [0.1, 0.15) is 5.82 Å². The van der Waals surface area contributed by atoms with Crippen LogP contribution in [0.15, 0.2) is 24.5 Å². The fourth-order valence-electron chi connectivity index (χ4n) is 3.05. The van der Waals surface area contributed by atoms with Crippen molar-refractivity contribution in [1.29, 1.82) is 0 Å². The molecule has 2 aromatic heterocycles. The number of pyridine rings is 1. The van der Waals surface area contributed by atoms with E-state index in [9.17, 15) is 4.79 Å². The summed E-state index contributed by atoms with van der Waals surface area (Å²) in [6.07, 6.45) is 3.96. The first-order valence-electron chi connectivity index (χ1n) is 8.58. The van der Waals surface area contributed by atoms with Crippen LogP contribution in [-0.4, -0.2) is 43.9 Å². The molecule has 0 bridgehead atoms. The van der Waals surface area contributed by atoms with Crippen LogP contribution in [0.2, 0.25) is 0 Å². The predicted molar refractivity (Wildman–Crippen MR) is 98.2 cm³/mol. The Morgan fingerprint density at radius 3 is 2.44 bits per heavy atom. The molecular formula is C19H25N5O. The lowest BCUT2D eigenvalue weighted by atomic mass is 10.1. The maximum atomic E-state index is 12.3. The predicted octanol–water partition coefficient (Wildman–Crippen LogP) is 2.97. The van der Waals surface area contributed by atoms with E-state index in [1.807, 2.05) is 30.9 Å². The molecule has 132 valence electrons. The average Bonchev–Trinajstić information content (AvgIpc) is 2.93. The highest BCUT2D eigenvalue weighted by atomic mass is 16.2. The van der Waals surface area contributed by atoms with Crippen molar-refractivity contribution in [2.75, 3.05) is 11.9 Å². The van der Waals surface area contributed by atoms with Crippen LogP contribution in [-0.2, 0) is 4.79 Å². The van der Waals surface area contributed by atoms with Gasteiger partial charge in [0.25, 0.3) is 0 Å². The van der Waals surface area contributed by atoms with E-state index in [0.29, 0.717) is 18.8 Å². The number of carbonyl (C=O) groups is 1. The standard InChI is InChI=1S/C19H25N5O/c1-12-13(2)21-18(14-6-8-20-9-7-14)23-17(12)22-15-10-16(25)24(11-15)19(3,4)5/h6-9,15H,10-11H2,1-5H3,(H,21,22,23). The SMILES string of the molecule is Cc1nc(-c2ccncc2)nc(NC2CC(=O)N(C(C)(C)C)C2)c1C. The van der Waals surface area contributed by atoms with E-state index in [0.717, 1.165) is 22.6 Å². The van der Waals surface area contributed by atoms with Gasteiger partial charge in [0.2, 0.25) is 5.91 Å². The molecule has 1 N–H and O–H groups in total. The normalized spacial score (nSPS) is 17.9. The first-order chi connectivity index (χ1) is 11.8. The van der Waals surface area contributed by atoms with Crippen LogP contribution < -0.4 is 5.32 Å². The Kier molecular flexibility index (Phi) is 4.45. The maximum Gasteiger partial charge on any atom is 0.225 e. The van der Waals surface area contributed by atoms with Crippen molar-refractivity contribution in [1.82, 2.24) is 19.9 Å². The van der Waals surface area contributed by atoms with Gasteiger partial charge in [-0.05, 0) is 46.8 Å². The third-order valence-corrected chi connectivity index (χ3v) is 4.60. The lowest BCUT2D eigenvalue weighted by Gasteiger charge is -2.32. The van der Waals surface area contributed by atoms with Gasteiger partial charge in [0.15, 0.2) is 5.82 Å². The number of nitrogens with one attached hydrogen (secondary N) is 1. The van der Waals surface area contributed by atoms with Gasteiger partial charge >= 0.3 is 0 Å². The minimum atomic E-state index is -0.160. The Hall–Kier alpha value is -2.50. The van der Waals surface area contributed by atoms with Gasteiger partial charge in [0, 0.05) is 47.7 Å². The van der Waals surface area contributed by atoms with Gasteiger partial charge in [-0.3, -0.25) is 9.78 Å². The molecule has 6 heteroatoms. The first-order valence-corrected chi connectivity index (χ1v) is 8.58. The van der Waals surface area contributed by atoms with Crippen molar-refractivity contribution in [2.45, 2.75) is 52.6 Å². The third-order valence-electron chi connectivity index (χ3n) is 4.60. The number of rotatable bonds is 3. The van der Waals surface area contributed by atoms with Crippen molar-refractivity contribution in [3.63, 3.8) is 0 Å².